The maximum absolute atomic E-state index is 13.3. The van der Waals surface area contributed by atoms with E-state index < -0.39 is 16.1 Å². The Hall–Kier alpha value is -2.49. The summed E-state index contributed by atoms with van der Waals surface area (Å²) in [6.07, 6.45) is 1.31. The molecule has 198 valence electrons. The van der Waals surface area contributed by atoms with Gasteiger partial charge in [0.2, 0.25) is 21.8 Å². The van der Waals surface area contributed by atoms with Crippen molar-refractivity contribution in [3.8, 4) is 5.75 Å². The highest BCUT2D eigenvalue weighted by Gasteiger charge is 2.27. The third-order valence-electron chi connectivity index (χ3n) is 5.44. The van der Waals surface area contributed by atoms with Crippen LogP contribution in [0.25, 0.3) is 0 Å². The van der Waals surface area contributed by atoms with E-state index in [9.17, 15) is 18.0 Å². The second-order valence-corrected chi connectivity index (χ2v) is 11.5. The van der Waals surface area contributed by atoms with E-state index in [2.05, 4.69) is 5.32 Å². The fraction of sp³-hybridized carbons (Fsp3) is 0.440. The van der Waals surface area contributed by atoms with Gasteiger partial charge in [0.05, 0.1) is 24.1 Å². The average Bonchev–Trinajstić information content (AvgIpc) is 2.80. The van der Waals surface area contributed by atoms with E-state index in [1.807, 2.05) is 26.0 Å². The maximum Gasteiger partial charge on any atom is 0.242 e. The van der Waals surface area contributed by atoms with Crippen molar-refractivity contribution in [2.75, 3.05) is 24.2 Å². The zero-order valence-corrected chi connectivity index (χ0v) is 23.5. The summed E-state index contributed by atoms with van der Waals surface area (Å²) in [5.74, 6) is 0.140. The van der Waals surface area contributed by atoms with Gasteiger partial charge in [0, 0.05) is 30.6 Å². The number of halogens is 2. The SMILES string of the molecule is COc1ccc(CN(C(=O)CCCN(c2cc(Cl)ccc2Cl)S(C)(=O)=O)[C@@H](C)C(=O)NC(C)C)cc1. The van der Waals surface area contributed by atoms with Gasteiger partial charge < -0.3 is 15.0 Å². The minimum absolute atomic E-state index is 0.0214. The Kier molecular flexibility index (Phi) is 10.9. The van der Waals surface area contributed by atoms with E-state index in [1.165, 1.54) is 17.0 Å². The van der Waals surface area contributed by atoms with Crippen LogP contribution in [0.3, 0.4) is 0 Å². The van der Waals surface area contributed by atoms with Gasteiger partial charge in [-0.25, -0.2) is 8.42 Å². The van der Waals surface area contributed by atoms with E-state index in [-0.39, 0.29) is 54.5 Å². The van der Waals surface area contributed by atoms with Crippen LogP contribution in [-0.4, -0.2) is 57.1 Å². The molecule has 2 aromatic carbocycles. The second-order valence-electron chi connectivity index (χ2n) is 8.74. The monoisotopic (exact) mass is 557 g/mol. The lowest BCUT2D eigenvalue weighted by molar-refractivity contribution is -0.140. The molecular formula is C25H33Cl2N3O5S. The molecule has 0 aliphatic heterocycles. The molecule has 8 nitrogen and oxygen atoms in total. The second kappa shape index (κ2) is 13.2. The largest absolute Gasteiger partial charge is 0.497 e. The Labute approximate surface area is 223 Å². The van der Waals surface area contributed by atoms with E-state index in [0.717, 1.165) is 16.1 Å². The van der Waals surface area contributed by atoms with E-state index in [0.29, 0.717) is 10.8 Å². The molecule has 0 saturated carbocycles. The first-order chi connectivity index (χ1) is 16.8. The molecule has 0 fully saturated rings. The van der Waals surface area contributed by atoms with Crippen LogP contribution in [0.5, 0.6) is 5.75 Å². The quantitative estimate of drug-likeness (QED) is 0.414. The summed E-state index contributed by atoms with van der Waals surface area (Å²) in [6.45, 7) is 5.61. The highest BCUT2D eigenvalue weighted by molar-refractivity contribution is 7.92. The fourth-order valence-electron chi connectivity index (χ4n) is 3.57. The van der Waals surface area contributed by atoms with Gasteiger partial charge in [-0.1, -0.05) is 35.3 Å². The van der Waals surface area contributed by atoms with Crippen LogP contribution in [0.1, 0.15) is 39.2 Å². The zero-order chi connectivity index (χ0) is 27.0. The van der Waals surface area contributed by atoms with Crippen LogP contribution in [0, 0.1) is 0 Å². The summed E-state index contributed by atoms with van der Waals surface area (Å²) in [4.78, 5) is 27.5. The minimum Gasteiger partial charge on any atom is -0.497 e. The van der Waals surface area contributed by atoms with Crippen molar-refractivity contribution in [3.63, 3.8) is 0 Å². The number of methoxy groups -OCH3 is 1. The number of amides is 2. The normalized spacial score (nSPS) is 12.2. The van der Waals surface area contributed by atoms with Crippen LogP contribution >= 0.6 is 23.2 Å². The molecule has 0 unspecified atom stereocenters. The van der Waals surface area contributed by atoms with Crippen molar-refractivity contribution in [2.24, 2.45) is 0 Å². The van der Waals surface area contributed by atoms with Crippen LogP contribution in [0.2, 0.25) is 10.0 Å². The smallest absolute Gasteiger partial charge is 0.242 e. The molecule has 0 radical (unpaired) electrons. The number of carbonyl (C=O) groups is 2. The van der Waals surface area contributed by atoms with Crippen LogP contribution in [-0.2, 0) is 26.2 Å². The Morgan fingerprint density at radius 2 is 1.69 bits per heavy atom. The lowest BCUT2D eigenvalue weighted by Crippen LogP contribution is -2.49. The molecule has 0 heterocycles. The number of benzene rings is 2. The van der Waals surface area contributed by atoms with Gasteiger partial charge in [0.25, 0.3) is 0 Å². The number of carbonyl (C=O) groups excluding carboxylic acids is 2. The molecule has 0 aliphatic carbocycles. The highest BCUT2D eigenvalue weighted by Crippen LogP contribution is 2.31. The molecule has 0 aromatic heterocycles. The van der Waals surface area contributed by atoms with Crippen LogP contribution in [0.4, 0.5) is 5.69 Å². The number of sulfonamides is 1. The van der Waals surface area contributed by atoms with Crippen molar-refractivity contribution in [1.29, 1.82) is 0 Å². The van der Waals surface area contributed by atoms with Gasteiger partial charge in [-0.15, -0.1) is 0 Å². The summed E-state index contributed by atoms with van der Waals surface area (Å²) >= 11 is 12.3. The van der Waals surface area contributed by atoms with Crippen LogP contribution in [0.15, 0.2) is 42.5 Å². The van der Waals surface area contributed by atoms with Gasteiger partial charge in [0.1, 0.15) is 11.8 Å². The zero-order valence-electron chi connectivity index (χ0n) is 21.1. The average molecular weight is 559 g/mol. The highest BCUT2D eigenvalue weighted by atomic mass is 35.5. The number of hydrogen-bond donors (Lipinski definition) is 1. The van der Waals surface area contributed by atoms with Crippen molar-refractivity contribution >= 4 is 50.7 Å². The standard InChI is InChI=1S/C25H33Cl2N3O5S/c1-17(2)28-25(32)18(3)29(16-19-8-11-21(35-4)12-9-19)24(31)7-6-14-30(36(5,33)34)23-15-20(26)10-13-22(23)27/h8-13,15,17-18H,6-7,14,16H2,1-5H3,(H,28,32)/t18-/m0/s1. The lowest BCUT2D eigenvalue weighted by atomic mass is 10.1. The first kappa shape index (κ1) is 29.7. The predicted octanol–water partition coefficient (Wildman–Crippen LogP) is 4.49. The van der Waals surface area contributed by atoms with Crippen LogP contribution < -0.4 is 14.4 Å². The van der Waals surface area contributed by atoms with E-state index in [1.54, 1.807) is 32.2 Å². The molecule has 0 aliphatic rings. The van der Waals surface area contributed by atoms with Gasteiger partial charge in [0.15, 0.2) is 0 Å². The third kappa shape index (κ3) is 8.57. The molecule has 1 atom stereocenters. The lowest BCUT2D eigenvalue weighted by Gasteiger charge is -2.30. The molecule has 2 aromatic rings. The number of ether oxygens (including phenoxy) is 1. The Morgan fingerprint density at radius 1 is 1.06 bits per heavy atom. The summed E-state index contributed by atoms with van der Waals surface area (Å²) in [5.41, 5.74) is 1.08. The molecule has 36 heavy (non-hydrogen) atoms. The van der Waals surface area contributed by atoms with Gasteiger partial charge in [-0.05, 0) is 63.1 Å². The first-order valence-corrected chi connectivity index (χ1v) is 14.1. The number of nitrogens with one attached hydrogen (secondary N) is 1. The molecule has 1 N–H and O–H groups in total. The third-order valence-corrected chi connectivity index (χ3v) is 7.17. The Morgan fingerprint density at radius 3 is 2.25 bits per heavy atom. The molecule has 0 spiro atoms. The molecule has 2 amide bonds. The van der Waals surface area contributed by atoms with E-state index in [4.69, 9.17) is 27.9 Å². The summed E-state index contributed by atoms with van der Waals surface area (Å²) < 4.78 is 31.3. The maximum atomic E-state index is 13.3. The number of anilines is 1. The summed E-state index contributed by atoms with van der Waals surface area (Å²) in [5, 5.41) is 3.42. The number of rotatable bonds is 12. The van der Waals surface area contributed by atoms with Gasteiger partial charge >= 0.3 is 0 Å². The first-order valence-electron chi connectivity index (χ1n) is 11.5. The topological polar surface area (TPSA) is 96.0 Å². The summed E-state index contributed by atoms with van der Waals surface area (Å²) in [7, 11) is -2.12. The molecule has 0 saturated heterocycles. The Balaban J connectivity index is 2.20. The molecular weight excluding hydrogens is 525 g/mol. The summed E-state index contributed by atoms with van der Waals surface area (Å²) in [6, 6.07) is 11.0. The van der Waals surface area contributed by atoms with Gasteiger partial charge in [-0.3, -0.25) is 13.9 Å². The predicted molar refractivity (Wildman–Crippen MR) is 144 cm³/mol. The fourth-order valence-corrected chi connectivity index (χ4v) is 4.98. The molecule has 2 rings (SSSR count). The molecule has 0 bridgehead atoms. The van der Waals surface area contributed by atoms with Crippen molar-refractivity contribution < 1.29 is 22.7 Å². The number of hydrogen-bond acceptors (Lipinski definition) is 5. The van der Waals surface area contributed by atoms with E-state index >= 15 is 0 Å². The number of nitrogens with zero attached hydrogens (tertiary/aromatic N) is 2. The van der Waals surface area contributed by atoms with Crippen molar-refractivity contribution in [2.45, 2.75) is 52.2 Å². The van der Waals surface area contributed by atoms with Crippen molar-refractivity contribution in [1.82, 2.24) is 10.2 Å². The van der Waals surface area contributed by atoms with Gasteiger partial charge in [-0.2, -0.15) is 0 Å². The minimum atomic E-state index is -3.68. The Bertz CT molecular complexity index is 1160. The van der Waals surface area contributed by atoms with Crippen molar-refractivity contribution in [3.05, 3.63) is 58.1 Å². The molecule has 11 heteroatoms.